The fourth-order valence-electron chi connectivity index (χ4n) is 4.29. The van der Waals surface area contributed by atoms with Crippen LogP contribution in [0, 0.1) is 0 Å². The molecule has 0 bridgehead atoms. The van der Waals surface area contributed by atoms with Crippen LogP contribution in [0.4, 0.5) is 0 Å². The molecule has 168 valence electrons. The molecule has 1 aromatic carbocycles. The van der Waals surface area contributed by atoms with Crippen LogP contribution in [0.25, 0.3) is 0 Å². The minimum atomic E-state index is -3.51. The number of sulfonamides is 1. The predicted octanol–water partition coefficient (Wildman–Crippen LogP) is 2.25. The molecule has 1 saturated heterocycles. The molecular formula is C23H32N4O3S. The van der Waals surface area contributed by atoms with Gasteiger partial charge in [-0.05, 0) is 61.6 Å². The lowest BCUT2D eigenvalue weighted by Crippen LogP contribution is -2.38. The minimum absolute atomic E-state index is 0.212. The topological polar surface area (TPSA) is 83.6 Å². The molecule has 0 spiro atoms. The Kier molecular flexibility index (Phi) is 7.68. The molecule has 1 aromatic heterocycles. The van der Waals surface area contributed by atoms with Crippen molar-refractivity contribution in [2.45, 2.75) is 43.2 Å². The second-order valence-electron chi connectivity index (χ2n) is 8.23. The van der Waals surface area contributed by atoms with E-state index < -0.39 is 10.0 Å². The highest BCUT2D eigenvalue weighted by molar-refractivity contribution is 7.89. The number of fused-ring (bicyclic) bond motifs is 1. The van der Waals surface area contributed by atoms with Crippen LogP contribution < -0.4 is 10.0 Å². The van der Waals surface area contributed by atoms with Crippen LogP contribution >= 0.6 is 0 Å². The molecule has 0 saturated carbocycles. The number of benzene rings is 1. The molecule has 8 heteroatoms. The Labute approximate surface area is 185 Å². The highest BCUT2D eigenvalue weighted by atomic mass is 32.2. The van der Waals surface area contributed by atoms with E-state index in [0.29, 0.717) is 18.0 Å². The fourth-order valence-corrected chi connectivity index (χ4v) is 5.43. The zero-order chi connectivity index (χ0) is 21.5. The smallest absolute Gasteiger partial charge is 0.240 e. The number of aryl methyl sites for hydroxylation is 1. The van der Waals surface area contributed by atoms with Gasteiger partial charge in [0.25, 0.3) is 0 Å². The SMILES string of the molecule is O=S(=O)(NCCCN1CCOCC1)c1cccc(CNC2CCCc3cccnc32)c1. The third-order valence-electron chi connectivity index (χ3n) is 6.00. The first-order valence-electron chi connectivity index (χ1n) is 11.2. The molecule has 0 radical (unpaired) electrons. The number of ether oxygens (including phenoxy) is 1. The van der Waals surface area contributed by atoms with Gasteiger partial charge in [0.2, 0.25) is 10.0 Å². The summed E-state index contributed by atoms with van der Waals surface area (Å²) in [5.41, 5.74) is 3.39. The van der Waals surface area contributed by atoms with Crippen LogP contribution in [0.1, 0.15) is 42.1 Å². The van der Waals surface area contributed by atoms with E-state index in [1.54, 1.807) is 12.1 Å². The first-order chi connectivity index (χ1) is 15.1. The predicted molar refractivity (Wildman–Crippen MR) is 120 cm³/mol. The maximum absolute atomic E-state index is 12.7. The van der Waals surface area contributed by atoms with E-state index in [-0.39, 0.29) is 6.04 Å². The second-order valence-corrected chi connectivity index (χ2v) is 9.99. The molecule has 1 unspecified atom stereocenters. The van der Waals surface area contributed by atoms with Crippen molar-refractivity contribution in [1.82, 2.24) is 19.9 Å². The number of nitrogens with one attached hydrogen (secondary N) is 2. The largest absolute Gasteiger partial charge is 0.379 e. The van der Waals surface area contributed by atoms with E-state index in [1.807, 2.05) is 24.4 Å². The maximum atomic E-state index is 12.7. The number of pyridine rings is 1. The maximum Gasteiger partial charge on any atom is 0.240 e. The molecule has 7 nitrogen and oxygen atoms in total. The van der Waals surface area contributed by atoms with E-state index >= 15 is 0 Å². The standard InChI is InChI=1S/C23H32N4O3S/c28-31(29,26-11-4-12-27-13-15-30-16-14-27)21-8-1-5-19(17-21)18-25-22-9-2-6-20-7-3-10-24-23(20)22/h1,3,5,7-8,10,17,22,25-26H,2,4,6,9,11-16,18H2. The normalized spacial score (nSPS) is 19.8. The molecule has 2 N–H and O–H groups in total. The van der Waals surface area contributed by atoms with Gasteiger partial charge in [-0.2, -0.15) is 0 Å². The molecule has 1 aliphatic heterocycles. The van der Waals surface area contributed by atoms with E-state index in [0.717, 1.165) is 69.8 Å². The van der Waals surface area contributed by atoms with Gasteiger partial charge in [0.15, 0.2) is 0 Å². The van der Waals surface area contributed by atoms with Crippen molar-refractivity contribution < 1.29 is 13.2 Å². The second kappa shape index (κ2) is 10.7. The Morgan fingerprint density at radius 2 is 2.03 bits per heavy atom. The Bertz CT molecular complexity index is 961. The lowest BCUT2D eigenvalue weighted by atomic mass is 9.92. The van der Waals surface area contributed by atoms with E-state index in [2.05, 4.69) is 26.0 Å². The zero-order valence-electron chi connectivity index (χ0n) is 17.9. The Balaban J connectivity index is 1.30. The van der Waals surface area contributed by atoms with Gasteiger partial charge < -0.3 is 10.1 Å². The van der Waals surface area contributed by atoms with Crippen molar-refractivity contribution >= 4 is 10.0 Å². The van der Waals surface area contributed by atoms with Gasteiger partial charge in [-0.15, -0.1) is 0 Å². The molecular weight excluding hydrogens is 412 g/mol. The highest BCUT2D eigenvalue weighted by Crippen LogP contribution is 2.28. The average molecular weight is 445 g/mol. The summed E-state index contributed by atoms with van der Waals surface area (Å²) in [5, 5.41) is 3.57. The van der Waals surface area contributed by atoms with Crippen LogP contribution in [-0.4, -0.2) is 57.7 Å². The minimum Gasteiger partial charge on any atom is -0.379 e. The summed E-state index contributed by atoms with van der Waals surface area (Å²) in [6.45, 7) is 5.29. The summed E-state index contributed by atoms with van der Waals surface area (Å²) in [6.07, 6.45) is 5.89. The van der Waals surface area contributed by atoms with Gasteiger partial charge in [-0.3, -0.25) is 9.88 Å². The molecule has 1 aliphatic carbocycles. The first-order valence-corrected chi connectivity index (χ1v) is 12.7. The van der Waals surface area contributed by atoms with Gasteiger partial charge in [-0.1, -0.05) is 18.2 Å². The number of hydrogen-bond acceptors (Lipinski definition) is 6. The van der Waals surface area contributed by atoms with E-state index in [9.17, 15) is 8.42 Å². The zero-order valence-corrected chi connectivity index (χ0v) is 18.7. The summed E-state index contributed by atoms with van der Waals surface area (Å²) in [4.78, 5) is 7.19. The molecule has 2 heterocycles. The third kappa shape index (κ3) is 6.11. The number of rotatable bonds is 9. The highest BCUT2D eigenvalue weighted by Gasteiger charge is 2.21. The van der Waals surface area contributed by atoms with Gasteiger partial charge in [-0.25, -0.2) is 13.1 Å². The van der Waals surface area contributed by atoms with Crippen LogP contribution in [0.3, 0.4) is 0 Å². The number of hydrogen-bond donors (Lipinski definition) is 2. The van der Waals surface area contributed by atoms with Crippen molar-refractivity contribution in [3.63, 3.8) is 0 Å². The molecule has 31 heavy (non-hydrogen) atoms. The fraction of sp³-hybridized carbons (Fsp3) is 0.522. The lowest BCUT2D eigenvalue weighted by Gasteiger charge is -2.26. The van der Waals surface area contributed by atoms with Crippen molar-refractivity contribution in [3.05, 3.63) is 59.4 Å². The van der Waals surface area contributed by atoms with Crippen LogP contribution in [-0.2, 0) is 27.7 Å². The summed E-state index contributed by atoms with van der Waals surface area (Å²) in [6, 6.07) is 11.5. The molecule has 0 amide bonds. The van der Waals surface area contributed by atoms with E-state index in [1.165, 1.54) is 5.56 Å². The Hall–Kier alpha value is -1.84. The summed E-state index contributed by atoms with van der Waals surface area (Å²) < 4.78 is 33.5. The van der Waals surface area contributed by atoms with Crippen molar-refractivity contribution in [1.29, 1.82) is 0 Å². The van der Waals surface area contributed by atoms with Crippen molar-refractivity contribution in [2.75, 3.05) is 39.4 Å². The third-order valence-corrected chi connectivity index (χ3v) is 7.46. The number of nitrogens with zero attached hydrogens (tertiary/aromatic N) is 2. The molecule has 1 atom stereocenters. The molecule has 2 aliphatic rings. The monoisotopic (exact) mass is 444 g/mol. The van der Waals surface area contributed by atoms with Crippen molar-refractivity contribution in [3.8, 4) is 0 Å². The van der Waals surface area contributed by atoms with Gasteiger partial charge in [0.1, 0.15) is 0 Å². The average Bonchev–Trinajstić information content (AvgIpc) is 2.81. The number of morpholine rings is 1. The first kappa shape index (κ1) is 22.4. The van der Waals surface area contributed by atoms with Gasteiger partial charge >= 0.3 is 0 Å². The lowest BCUT2D eigenvalue weighted by molar-refractivity contribution is 0.0376. The summed E-state index contributed by atoms with van der Waals surface area (Å²) in [5.74, 6) is 0. The van der Waals surface area contributed by atoms with Crippen LogP contribution in [0.15, 0.2) is 47.5 Å². The summed E-state index contributed by atoms with van der Waals surface area (Å²) in [7, 11) is -3.51. The molecule has 2 aromatic rings. The summed E-state index contributed by atoms with van der Waals surface area (Å²) >= 11 is 0. The van der Waals surface area contributed by atoms with Crippen molar-refractivity contribution in [2.24, 2.45) is 0 Å². The van der Waals surface area contributed by atoms with Gasteiger partial charge in [0, 0.05) is 32.4 Å². The molecule has 4 rings (SSSR count). The molecule has 1 fully saturated rings. The van der Waals surface area contributed by atoms with Crippen LogP contribution in [0.2, 0.25) is 0 Å². The van der Waals surface area contributed by atoms with Crippen LogP contribution in [0.5, 0.6) is 0 Å². The number of aromatic nitrogens is 1. The van der Waals surface area contributed by atoms with Gasteiger partial charge in [0.05, 0.1) is 29.8 Å². The Morgan fingerprint density at radius 3 is 2.90 bits per heavy atom. The van der Waals surface area contributed by atoms with E-state index in [4.69, 9.17) is 4.74 Å². The Morgan fingerprint density at radius 1 is 1.16 bits per heavy atom. The quantitative estimate of drug-likeness (QED) is 0.577.